The lowest BCUT2D eigenvalue weighted by atomic mass is 9.97. The third-order valence-electron chi connectivity index (χ3n) is 8.54. The predicted octanol–water partition coefficient (Wildman–Crippen LogP) is 5.08. The van der Waals surface area contributed by atoms with Crippen LogP contribution in [0.3, 0.4) is 0 Å². The number of nitro benzene ring substituents is 1. The van der Waals surface area contributed by atoms with Crippen LogP contribution in [0, 0.1) is 17.0 Å². The number of carbonyl (C=O) groups is 3. The van der Waals surface area contributed by atoms with Gasteiger partial charge in [0.2, 0.25) is 11.8 Å². The number of halogens is 1. The Labute approximate surface area is 274 Å². The minimum atomic E-state index is -0.708. The Morgan fingerprint density at radius 1 is 1.00 bits per heavy atom. The fourth-order valence-corrected chi connectivity index (χ4v) is 6.44. The van der Waals surface area contributed by atoms with Crippen LogP contribution in [0.25, 0.3) is 22.4 Å². The largest absolute Gasteiger partial charge is 0.496 e. The molecule has 2 aliphatic heterocycles. The van der Waals surface area contributed by atoms with Gasteiger partial charge in [0.05, 0.1) is 34.0 Å². The minimum Gasteiger partial charge on any atom is -0.496 e. The van der Waals surface area contributed by atoms with Crippen LogP contribution >= 0.6 is 11.6 Å². The molecule has 242 valence electrons. The molecule has 2 saturated heterocycles. The lowest BCUT2D eigenvalue weighted by molar-refractivity contribution is -0.384. The SMILES string of the molecule is COc1ccccc1-c1noc(C)c1C(=O)N1CCN(c2cc(-c3cc(C(N)=O)ccc3N3CCCC3=O)c([N+](=O)[O-])cc2Cl)CC1. The van der Waals surface area contributed by atoms with E-state index >= 15 is 0 Å². The van der Waals surface area contributed by atoms with Crippen molar-refractivity contribution in [1.82, 2.24) is 10.1 Å². The molecule has 2 aliphatic rings. The van der Waals surface area contributed by atoms with Crippen molar-refractivity contribution in [2.75, 3.05) is 49.6 Å². The summed E-state index contributed by atoms with van der Waals surface area (Å²) in [7, 11) is 1.54. The van der Waals surface area contributed by atoms with E-state index in [1.54, 1.807) is 42.0 Å². The molecule has 3 heterocycles. The summed E-state index contributed by atoms with van der Waals surface area (Å²) in [4.78, 5) is 55.6. The minimum absolute atomic E-state index is 0.118. The molecule has 47 heavy (non-hydrogen) atoms. The molecular weight excluding hydrogens is 628 g/mol. The van der Waals surface area contributed by atoms with Crippen LogP contribution in [-0.4, -0.2) is 72.5 Å². The van der Waals surface area contributed by atoms with Crippen LogP contribution in [0.4, 0.5) is 17.1 Å². The average molecular weight is 659 g/mol. The highest BCUT2D eigenvalue weighted by Crippen LogP contribution is 2.44. The summed E-state index contributed by atoms with van der Waals surface area (Å²) in [6.07, 6.45) is 0.990. The zero-order valence-corrected chi connectivity index (χ0v) is 26.5. The predicted molar refractivity (Wildman–Crippen MR) is 175 cm³/mol. The van der Waals surface area contributed by atoms with Crippen molar-refractivity contribution in [2.24, 2.45) is 5.73 Å². The number of primary amides is 1. The maximum absolute atomic E-state index is 13.8. The Morgan fingerprint density at radius 3 is 2.40 bits per heavy atom. The third kappa shape index (κ3) is 5.85. The molecule has 3 amide bonds. The number of ether oxygens (including phenoxy) is 1. The Hall–Kier alpha value is -5.43. The van der Waals surface area contributed by atoms with Gasteiger partial charge in [-0.15, -0.1) is 0 Å². The van der Waals surface area contributed by atoms with Gasteiger partial charge in [-0.05, 0) is 49.7 Å². The number of anilines is 2. The van der Waals surface area contributed by atoms with Crippen molar-refractivity contribution in [3.63, 3.8) is 0 Å². The quantitative estimate of drug-likeness (QED) is 0.201. The molecule has 1 aromatic heterocycles. The number of benzene rings is 3. The van der Waals surface area contributed by atoms with Crippen LogP contribution in [-0.2, 0) is 4.79 Å². The summed E-state index contributed by atoms with van der Waals surface area (Å²) < 4.78 is 10.9. The average Bonchev–Trinajstić information content (AvgIpc) is 3.68. The zero-order chi connectivity index (χ0) is 33.4. The van der Waals surface area contributed by atoms with Gasteiger partial charge in [-0.25, -0.2) is 0 Å². The molecule has 0 saturated carbocycles. The second-order valence-electron chi connectivity index (χ2n) is 11.3. The number of nitrogens with zero attached hydrogens (tertiary/aromatic N) is 5. The second kappa shape index (κ2) is 12.8. The molecule has 0 radical (unpaired) electrons. The summed E-state index contributed by atoms with van der Waals surface area (Å²) in [5, 5.41) is 16.6. The van der Waals surface area contributed by atoms with E-state index < -0.39 is 10.8 Å². The number of amides is 3. The molecule has 3 aromatic carbocycles. The van der Waals surface area contributed by atoms with E-state index in [4.69, 9.17) is 26.6 Å². The van der Waals surface area contributed by atoms with Crippen molar-refractivity contribution in [2.45, 2.75) is 19.8 Å². The highest BCUT2D eigenvalue weighted by molar-refractivity contribution is 6.33. The molecule has 6 rings (SSSR count). The third-order valence-corrected chi connectivity index (χ3v) is 8.85. The number of carbonyl (C=O) groups excluding carboxylic acids is 3. The first-order valence-corrected chi connectivity index (χ1v) is 15.3. The van der Waals surface area contributed by atoms with Crippen molar-refractivity contribution in [3.8, 4) is 28.1 Å². The maximum Gasteiger partial charge on any atom is 0.278 e. The van der Waals surface area contributed by atoms with Crippen LogP contribution in [0.15, 0.2) is 59.1 Å². The van der Waals surface area contributed by atoms with Crippen molar-refractivity contribution in [3.05, 3.63) is 86.6 Å². The fourth-order valence-electron chi connectivity index (χ4n) is 6.16. The van der Waals surface area contributed by atoms with E-state index in [1.807, 2.05) is 23.1 Å². The van der Waals surface area contributed by atoms with E-state index in [2.05, 4.69) is 5.16 Å². The van der Waals surface area contributed by atoms with Crippen molar-refractivity contribution < 1.29 is 28.6 Å². The fraction of sp³-hybridized carbons (Fsp3) is 0.273. The molecule has 0 spiro atoms. The van der Waals surface area contributed by atoms with E-state index in [0.29, 0.717) is 90.8 Å². The maximum atomic E-state index is 13.8. The molecular formula is C33H31ClN6O7. The van der Waals surface area contributed by atoms with Gasteiger partial charge in [0.1, 0.15) is 22.8 Å². The van der Waals surface area contributed by atoms with E-state index in [0.717, 1.165) is 0 Å². The van der Waals surface area contributed by atoms with E-state index in [1.165, 1.54) is 18.2 Å². The summed E-state index contributed by atoms with van der Waals surface area (Å²) in [6, 6.07) is 14.7. The van der Waals surface area contributed by atoms with Gasteiger partial charge in [0.25, 0.3) is 11.6 Å². The van der Waals surface area contributed by atoms with Crippen molar-refractivity contribution in [1.29, 1.82) is 0 Å². The molecule has 0 atom stereocenters. The molecule has 0 aliphatic carbocycles. The highest BCUT2D eigenvalue weighted by Gasteiger charge is 2.32. The van der Waals surface area contributed by atoms with Gasteiger partial charge < -0.3 is 29.7 Å². The normalized spacial score (nSPS) is 14.9. The standard InChI is InChI=1S/C33H31ClN6O7/c1-19-30(31(36-47-19)21-6-3-4-7-28(21)46-2)33(43)38-14-12-37(13-15-38)27-17-23(26(40(44)45)18-24(27)34)22-16-20(32(35)42)9-10-25(22)39-11-5-8-29(39)41/h3-4,6-7,9-10,16-18H,5,8,11-15H2,1-2H3,(H2,35,42). The van der Waals surface area contributed by atoms with E-state index in [9.17, 15) is 24.5 Å². The molecule has 0 bridgehead atoms. The number of piperazine rings is 1. The molecule has 13 nitrogen and oxygen atoms in total. The van der Waals surface area contributed by atoms with Gasteiger partial charge >= 0.3 is 0 Å². The van der Waals surface area contributed by atoms with Crippen LogP contribution in [0.2, 0.25) is 5.02 Å². The van der Waals surface area contributed by atoms with Gasteiger partial charge in [0.15, 0.2) is 0 Å². The molecule has 0 unspecified atom stereocenters. The monoisotopic (exact) mass is 658 g/mol. The molecule has 4 aromatic rings. The molecule has 14 heteroatoms. The van der Waals surface area contributed by atoms with Gasteiger partial charge in [0, 0.05) is 61.9 Å². The summed E-state index contributed by atoms with van der Waals surface area (Å²) in [5.74, 6) is -0.135. The number of para-hydroxylation sites is 1. The number of hydrogen-bond acceptors (Lipinski definition) is 9. The Bertz CT molecular complexity index is 1920. The van der Waals surface area contributed by atoms with E-state index in [-0.39, 0.29) is 33.7 Å². The molecule has 2 fully saturated rings. The number of nitro groups is 1. The number of aromatic nitrogens is 1. The number of hydrogen-bond donors (Lipinski definition) is 1. The summed E-state index contributed by atoms with van der Waals surface area (Å²) >= 11 is 6.66. The molecule has 2 N–H and O–H groups in total. The first kappa shape index (κ1) is 31.5. The Morgan fingerprint density at radius 2 is 1.74 bits per heavy atom. The second-order valence-corrected chi connectivity index (χ2v) is 11.7. The summed E-state index contributed by atoms with van der Waals surface area (Å²) in [5.41, 5.74) is 8.26. The summed E-state index contributed by atoms with van der Waals surface area (Å²) in [6.45, 7) is 3.51. The first-order chi connectivity index (χ1) is 22.6. The first-order valence-electron chi connectivity index (χ1n) is 15.0. The van der Waals surface area contributed by atoms with Crippen LogP contribution in [0.1, 0.15) is 39.3 Å². The Kier molecular flexibility index (Phi) is 8.56. The van der Waals surface area contributed by atoms with Crippen LogP contribution in [0.5, 0.6) is 5.75 Å². The van der Waals surface area contributed by atoms with Crippen molar-refractivity contribution >= 4 is 46.4 Å². The topological polar surface area (TPSA) is 165 Å². The number of aryl methyl sites for hydroxylation is 1. The highest BCUT2D eigenvalue weighted by atomic mass is 35.5. The smallest absolute Gasteiger partial charge is 0.278 e. The lowest BCUT2D eigenvalue weighted by Crippen LogP contribution is -2.49. The number of methoxy groups -OCH3 is 1. The Balaban J connectivity index is 1.32. The zero-order valence-electron chi connectivity index (χ0n) is 25.7. The lowest BCUT2D eigenvalue weighted by Gasteiger charge is -2.36. The van der Waals surface area contributed by atoms with Crippen LogP contribution < -0.4 is 20.3 Å². The van der Waals surface area contributed by atoms with Gasteiger partial charge in [-0.1, -0.05) is 28.9 Å². The number of nitrogens with two attached hydrogens (primary N) is 1. The number of rotatable bonds is 8. The van der Waals surface area contributed by atoms with Gasteiger partial charge in [-0.2, -0.15) is 0 Å². The van der Waals surface area contributed by atoms with Gasteiger partial charge in [-0.3, -0.25) is 24.5 Å².